The van der Waals surface area contributed by atoms with Gasteiger partial charge in [-0.25, -0.2) is 0 Å². The van der Waals surface area contributed by atoms with Gasteiger partial charge in [-0.1, -0.05) is 18.6 Å². The van der Waals surface area contributed by atoms with Crippen LogP contribution in [0, 0.1) is 6.92 Å². The maximum Gasteiger partial charge on any atom is 0.120 e. The van der Waals surface area contributed by atoms with Gasteiger partial charge in [-0.15, -0.1) is 0 Å². The van der Waals surface area contributed by atoms with E-state index in [-0.39, 0.29) is 12.1 Å². The highest BCUT2D eigenvalue weighted by Gasteiger charge is 2.23. The molecule has 0 heterocycles. The highest BCUT2D eigenvalue weighted by molar-refractivity contribution is 5.27. The van der Waals surface area contributed by atoms with Crippen molar-refractivity contribution in [1.29, 1.82) is 0 Å². The van der Waals surface area contributed by atoms with Crippen molar-refractivity contribution in [2.45, 2.75) is 44.8 Å². The number of nitrogens with two attached hydrogens (primary N) is 1. The lowest BCUT2D eigenvalue weighted by atomic mass is 9.93. The third-order valence-electron chi connectivity index (χ3n) is 3.03. The molecule has 82 valence electrons. The Morgan fingerprint density at radius 2 is 2.07 bits per heavy atom. The average Bonchev–Trinajstić information content (AvgIpc) is 2.22. The molecule has 2 rings (SSSR count). The van der Waals surface area contributed by atoms with Gasteiger partial charge in [-0.2, -0.15) is 0 Å². The Hall–Kier alpha value is -1.02. The quantitative estimate of drug-likeness (QED) is 0.805. The van der Waals surface area contributed by atoms with Gasteiger partial charge in [0.05, 0.1) is 0 Å². The van der Waals surface area contributed by atoms with E-state index < -0.39 is 0 Å². The number of hydrogen-bond acceptors (Lipinski definition) is 2. The number of ether oxygens (including phenoxy) is 1. The summed E-state index contributed by atoms with van der Waals surface area (Å²) in [5.41, 5.74) is 7.27. The van der Waals surface area contributed by atoms with Gasteiger partial charge >= 0.3 is 0 Å². The fraction of sp³-hybridized carbons (Fsp3) is 0.538. The van der Waals surface area contributed by atoms with Gasteiger partial charge in [0, 0.05) is 6.04 Å². The largest absolute Gasteiger partial charge is 0.489 e. The van der Waals surface area contributed by atoms with Crippen LogP contribution in [0.2, 0.25) is 0 Å². The van der Waals surface area contributed by atoms with E-state index in [4.69, 9.17) is 10.5 Å². The standard InChI is InChI=1S/C13H19NO/c1-10-5-4-6-11(9-10)15-13-8-3-2-7-12(13)14/h4-6,9,12-13H,2-3,7-8,14H2,1H3/t12-,13+/m0/s1. The summed E-state index contributed by atoms with van der Waals surface area (Å²) in [5.74, 6) is 0.956. The van der Waals surface area contributed by atoms with E-state index in [1.165, 1.54) is 18.4 Å². The molecule has 2 nitrogen and oxygen atoms in total. The molecule has 0 bridgehead atoms. The topological polar surface area (TPSA) is 35.2 Å². The van der Waals surface area contributed by atoms with Crippen LogP contribution in [0.15, 0.2) is 24.3 Å². The first-order valence-electron chi connectivity index (χ1n) is 5.74. The molecular formula is C13H19NO. The van der Waals surface area contributed by atoms with Gasteiger partial charge < -0.3 is 10.5 Å². The minimum Gasteiger partial charge on any atom is -0.489 e. The molecule has 1 aliphatic rings. The van der Waals surface area contributed by atoms with E-state index in [9.17, 15) is 0 Å². The number of rotatable bonds is 2. The average molecular weight is 205 g/mol. The first kappa shape index (κ1) is 10.5. The Morgan fingerprint density at radius 3 is 2.80 bits per heavy atom. The van der Waals surface area contributed by atoms with Gasteiger partial charge in [-0.05, 0) is 43.9 Å². The van der Waals surface area contributed by atoms with Crippen molar-refractivity contribution in [2.75, 3.05) is 0 Å². The van der Waals surface area contributed by atoms with Crippen LogP contribution in [0.25, 0.3) is 0 Å². The van der Waals surface area contributed by atoms with Crippen molar-refractivity contribution in [1.82, 2.24) is 0 Å². The maximum atomic E-state index is 6.04. The molecule has 1 aliphatic carbocycles. The maximum absolute atomic E-state index is 6.04. The molecule has 0 saturated heterocycles. The lowest BCUT2D eigenvalue weighted by Crippen LogP contribution is -2.41. The predicted octanol–water partition coefficient (Wildman–Crippen LogP) is 2.64. The van der Waals surface area contributed by atoms with Crippen LogP contribution in [0.5, 0.6) is 5.75 Å². The summed E-state index contributed by atoms with van der Waals surface area (Å²) in [4.78, 5) is 0. The molecular weight excluding hydrogens is 186 g/mol. The van der Waals surface area contributed by atoms with Crippen LogP contribution in [-0.4, -0.2) is 12.1 Å². The highest BCUT2D eigenvalue weighted by Crippen LogP contribution is 2.23. The monoisotopic (exact) mass is 205 g/mol. The molecule has 2 N–H and O–H groups in total. The van der Waals surface area contributed by atoms with Crippen LogP contribution >= 0.6 is 0 Å². The Balaban J connectivity index is 2.01. The third kappa shape index (κ3) is 2.72. The molecule has 0 unspecified atom stereocenters. The molecule has 0 radical (unpaired) electrons. The van der Waals surface area contributed by atoms with Gasteiger partial charge in [0.15, 0.2) is 0 Å². The second kappa shape index (κ2) is 4.67. The Labute approximate surface area is 91.4 Å². The molecule has 0 aromatic heterocycles. The molecule has 2 heteroatoms. The second-order valence-corrected chi connectivity index (χ2v) is 4.42. The molecule has 1 saturated carbocycles. The van der Waals surface area contributed by atoms with E-state index in [1.807, 2.05) is 12.1 Å². The normalized spacial score (nSPS) is 26.3. The molecule has 0 spiro atoms. The molecule has 1 aromatic carbocycles. The van der Waals surface area contributed by atoms with Gasteiger partial charge in [0.1, 0.15) is 11.9 Å². The number of benzene rings is 1. The predicted molar refractivity (Wildman–Crippen MR) is 62.0 cm³/mol. The van der Waals surface area contributed by atoms with E-state index in [0.717, 1.165) is 18.6 Å². The van der Waals surface area contributed by atoms with Gasteiger partial charge in [-0.3, -0.25) is 0 Å². The van der Waals surface area contributed by atoms with Crippen LogP contribution < -0.4 is 10.5 Å². The molecule has 1 aromatic rings. The molecule has 2 atom stereocenters. The van der Waals surface area contributed by atoms with Crippen molar-refractivity contribution in [3.63, 3.8) is 0 Å². The number of aryl methyl sites for hydroxylation is 1. The summed E-state index contributed by atoms with van der Waals surface area (Å²) in [5, 5.41) is 0. The lowest BCUT2D eigenvalue weighted by Gasteiger charge is -2.29. The SMILES string of the molecule is Cc1cccc(O[C@@H]2CCCC[C@@H]2N)c1. The minimum absolute atomic E-state index is 0.208. The zero-order chi connectivity index (χ0) is 10.7. The van der Waals surface area contributed by atoms with Crippen LogP contribution in [0.4, 0.5) is 0 Å². The number of hydrogen-bond donors (Lipinski definition) is 1. The minimum atomic E-state index is 0.208. The molecule has 1 fully saturated rings. The van der Waals surface area contributed by atoms with Crippen LogP contribution in [-0.2, 0) is 0 Å². The third-order valence-corrected chi connectivity index (χ3v) is 3.03. The first-order chi connectivity index (χ1) is 7.25. The van der Waals surface area contributed by atoms with Crippen molar-refractivity contribution in [3.8, 4) is 5.75 Å². The zero-order valence-corrected chi connectivity index (χ0v) is 9.28. The molecule has 15 heavy (non-hydrogen) atoms. The lowest BCUT2D eigenvalue weighted by molar-refractivity contribution is 0.132. The fourth-order valence-corrected chi connectivity index (χ4v) is 2.14. The summed E-state index contributed by atoms with van der Waals surface area (Å²) in [7, 11) is 0. The van der Waals surface area contributed by atoms with Crippen molar-refractivity contribution >= 4 is 0 Å². The van der Waals surface area contributed by atoms with Gasteiger partial charge in [0.2, 0.25) is 0 Å². The van der Waals surface area contributed by atoms with E-state index in [1.54, 1.807) is 0 Å². The van der Waals surface area contributed by atoms with E-state index in [2.05, 4.69) is 19.1 Å². The summed E-state index contributed by atoms with van der Waals surface area (Å²) in [6.45, 7) is 2.08. The smallest absolute Gasteiger partial charge is 0.120 e. The Bertz CT molecular complexity index is 324. The highest BCUT2D eigenvalue weighted by atomic mass is 16.5. The fourth-order valence-electron chi connectivity index (χ4n) is 2.14. The zero-order valence-electron chi connectivity index (χ0n) is 9.28. The van der Waals surface area contributed by atoms with E-state index in [0.29, 0.717) is 0 Å². The first-order valence-corrected chi connectivity index (χ1v) is 5.74. The molecule has 0 amide bonds. The van der Waals surface area contributed by atoms with Crippen LogP contribution in [0.1, 0.15) is 31.2 Å². The summed E-state index contributed by atoms with van der Waals surface area (Å²) < 4.78 is 5.92. The summed E-state index contributed by atoms with van der Waals surface area (Å²) in [6, 6.07) is 8.39. The van der Waals surface area contributed by atoms with E-state index >= 15 is 0 Å². The van der Waals surface area contributed by atoms with Crippen molar-refractivity contribution in [3.05, 3.63) is 29.8 Å². The summed E-state index contributed by atoms with van der Waals surface area (Å²) in [6.07, 6.45) is 4.88. The Kier molecular flexibility index (Phi) is 3.27. The van der Waals surface area contributed by atoms with Crippen molar-refractivity contribution in [2.24, 2.45) is 5.73 Å². The Morgan fingerprint density at radius 1 is 1.27 bits per heavy atom. The molecule has 0 aliphatic heterocycles. The van der Waals surface area contributed by atoms with Crippen molar-refractivity contribution < 1.29 is 4.74 Å². The van der Waals surface area contributed by atoms with Crippen LogP contribution in [0.3, 0.4) is 0 Å². The summed E-state index contributed by atoms with van der Waals surface area (Å²) >= 11 is 0. The second-order valence-electron chi connectivity index (χ2n) is 4.42. The van der Waals surface area contributed by atoms with Gasteiger partial charge in [0.25, 0.3) is 0 Å².